The molecule has 0 heterocycles. The highest BCUT2D eigenvalue weighted by atomic mass is 31.1. The van der Waals surface area contributed by atoms with Crippen molar-refractivity contribution < 1.29 is 9.79 Å². The van der Waals surface area contributed by atoms with Gasteiger partial charge in [0.2, 0.25) is 8.00 Å². The Hall–Kier alpha value is 0.0900. The van der Waals surface area contributed by atoms with Gasteiger partial charge in [0.1, 0.15) is 5.29 Å². The van der Waals surface area contributed by atoms with E-state index >= 15 is 0 Å². The van der Waals surface area contributed by atoms with Crippen molar-refractivity contribution in [1.82, 2.24) is 0 Å². The molecule has 1 fully saturated rings. The summed E-state index contributed by atoms with van der Waals surface area (Å²) in [7, 11) is -1.93. The Balaban J connectivity index is 2.58. The summed E-state index contributed by atoms with van der Waals surface area (Å²) in [6.07, 6.45) is 3.98. The van der Waals surface area contributed by atoms with E-state index in [0.29, 0.717) is 0 Å². The Bertz CT molecular complexity index is 108. The minimum absolute atomic E-state index is 0.861. The van der Waals surface area contributed by atoms with Gasteiger partial charge in [-0.05, 0) is 12.8 Å². The molecule has 0 radical (unpaired) electrons. The Labute approximate surface area is 49.7 Å². The average Bonchev–Trinajstić information content (AvgIpc) is 2.12. The fraction of sp³-hybridized carbons (Fsp3) is 0.800. The summed E-state index contributed by atoms with van der Waals surface area (Å²) >= 11 is 0. The molecule has 0 aromatic heterocycles. The Morgan fingerprint density at radius 3 is 2.12 bits per heavy atom. The molecule has 1 unspecified atom stereocenters. The summed E-state index contributed by atoms with van der Waals surface area (Å²) in [5.41, 5.74) is 0. The van der Waals surface area contributed by atoms with Crippen molar-refractivity contribution in [2.45, 2.75) is 25.7 Å². The molecule has 0 aromatic rings. The standard InChI is InChI=1S/C5H9O2P/c6-8(7)5-3-1-2-4-5/h1-4H2,(H,6,7). The lowest BCUT2D eigenvalue weighted by Gasteiger charge is -1.88. The smallest absolute Gasteiger partial charge is 0.216 e. The fourth-order valence-corrected chi connectivity index (χ4v) is 1.67. The molecule has 0 bridgehead atoms. The second-order valence-electron chi connectivity index (χ2n) is 2.05. The first-order valence-electron chi connectivity index (χ1n) is 2.81. The van der Waals surface area contributed by atoms with Crippen LogP contribution in [0.1, 0.15) is 25.7 Å². The third-order valence-electron chi connectivity index (χ3n) is 1.45. The van der Waals surface area contributed by atoms with E-state index in [9.17, 15) is 4.89 Å². The molecule has 3 heteroatoms. The molecule has 1 rings (SSSR count). The number of hydrogen-bond donors (Lipinski definition) is 1. The van der Waals surface area contributed by atoms with Crippen LogP contribution >= 0.6 is 8.00 Å². The van der Waals surface area contributed by atoms with Gasteiger partial charge in [-0.1, -0.05) is 0 Å². The van der Waals surface area contributed by atoms with E-state index in [1.807, 2.05) is 0 Å². The van der Waals surface area contributed by atoms with Crippen LogP contribution < -0.4 is 4.89 Å². The van der Waals surface area contributed by atoms with Crippen LogP contribution in [0.4, 0.5) is 0 Å². The van der Waals surface area contributed by atoms with Gasteiger partial charge in [-0.15, -0.1) is 0 Å². The van der Waals surface area contributed by atoms with Gasteiger partial charge in [0.15, 0.2) is 0 Å². The number of hydrogen-bond acceptors (Lipinski definition) is 2. The van der Waals surface area contributed by atoms with Crippen molar-refractivity contribution in [3.05, 3.63) is 0 Å². The van der Waals surface area contributed by atoms with Crippen LogP contribution in [0.3, 0.4) is 0 Å². The maximum Gasteiger partial charge on any atom is 0.216 e. The minimum atomic E-state index is -1.93. The highest BCUT2D eigenvalue weighted by Gasteiger charge is 2.14. The quantitative estimate of drug-likeness (QED) is 0.485. The van der Waals surface area contributed by atoms with E-state index in [1.165, 1.54) is 0 Å². The van der Waals surface area contributed by atoms with Gasteiger partial charge >= 0.3 is 0 Å². The van der Waals surface area contributed by atoms with Crippen LogP contribution in [0.5, 0.6) is 0 Å². The zero-order valence-corrected chi connectivity index (χ0v) is 5.53. The molecule has 1 saturated carbocycles. The van der Waals surface area contributed by atoms with E-state index < -0.39 is 8.00 Å². The third-order valence-corrected chi connectivity index (χ3v) is 2.44. The molecule has 0 spiro atoms. The molecule has 0 amide bonds. The van der Waals surface area contributed by atoms with Crippen LogP contribution in [0.15, 0.2) is 0 Å². The lowest BCUT2D eigenvalue weighted by atomic mass is 10.4. The molecule has 1 atom stereocenters. The lowest BCUT2D eigenvalue weighted by Crippen LogP contribution is -1.95. The summed E-state index contributed by atoms with van der Waals surface area (Å²) in [6, 6.07) is 0. The second-order valence-corrected chi connectivity index (χ2v) is 3.22. The van der Waals surface area contributed by atoms with Gasteiger partial charge in [0.05, 0.1) is 0 Å². The van der Waals surface area contributed by atoms with Crippen molar-refractivity contribution >= 4 is 13.3 Å². The van der Waals surface area contributed by atoms with Crippen LogP contribution in [0, 0.1) is 0 Å². The van der Waals surface area contributed by atoms with Crippen LogP contribution in [-0.2, 0) is 0 Å². The summed E-state index contributed by atoms with van der Waals surface area (Å²) in [5, 5.41) is 0.861. The van der Waals surface area contributed by atoms with Gasteiger partial charge in [-0.25, -0.2) is 0 Å². The molecule has 1 aliphatic rings. The fourth-order valence-electron chi connectivity index (χ4n) is 0.974. The van der Waals surface area contributed by atoms with E-state index in [1.54, 1.807) is 0 Å². The molecule has 0 aromatic carbocycles. The zero-order chi connectivity index (χ0) is 5.98. The van der Waals surface area contributed by atoms with Crippen molar-refractivity contribution in [3.63, 3.8) is 0 Å². The molecule has 8 heavy (non-hydrogen) atoms. The Kier molecular flexibility index (Phi) is 2.01. The summed E-state index contributed by atoms with van der Waals surface area (Å²) in [5.74, 6) is 0. The van der Waals surface area contributed by atoms with Crippen molar-refractivity contribution in [1.29, 1.82) is 0 Å². The SMILES string of the molecule is [O-][P+](O)=C1CCCC1. The van der Waals surface area contributed by atoms with Gasteiger partial charge < -0.3 is 4.89 Å². The zero-order valence-electron chi connectivity index (χ0n) is 4.63. The van der Waals surface area contributed by atoms with Gasteiger partial charge in [0, 0.05) is 12.8 Å². The molecular formula is C5H9O2P. The summed E-state index contributed by atoms with van der Waals surface area (Å²) in [6.45, 7) is 0. The molecule has 46 valence electrons. The largest absolute Gasteiger partial charge is 0.603 e. The normalized spacial score (nSPS) is 21.8. The molecule has 2 nitrogen and oxygen atoms in total. The highest BCUT2D eigenvalue weighted by Crippen LogP contribution is 2.22. The van der Waals surface area contributed by atoms with Crippen molar-refractivity contribution in [2.24, 2.45) is 0 Å². The maximum absolute atomic E-state index is 10.3. The van der Waals surface area contributed by atoms with Crippen LogP contribution in [0.25, 0.3) is 0 Å². The number of rotatable bonds is 0. The first-order chi connectivity index (χ1) is 3.80. The first kappa shape index (κ1) is 6.21. The van der Waals surface area contributed by atoms with Crippen LogP contribution in [0.2, 0.25) is 0 Å². The third kappa shape index (κ3) is 1.28. The predicted molar refractivity (Wildman–Crippen MR) is 32.6 cm³/mol. The molecule has 1 aliphatic carbocycles. The van der Waals surface area contributed by atoms with Crippen LogP contribution in [-0.4, -0.2) is 10.2 Å². The first-order valence-corrected chi connectivity index (χ1v) is 4.03. The average molecular weight is 132 g/mol. The lowest BCUT2D eigenvalue weighted by molar-refractivity contribution is -0.167. The van der Waals surface area contributed by atoms with Gasteiger partial charge in [0.25, 0.3) is 0 Å². The molecule has 0 saturated heterocycles. The van der Waals surface area contributed by atoms with E-state index in [0.717, 1.165) is 31.0 Å². The topological polar surface area (TPSA) is 43.3 Å². The molecular weight excluding hydrogens is 123 g/mol. The van der Waals surface area contributed by atoms with E-state index in [4.69, 9.17) is 4.89 Å². The highest BCUT2D eigenvalue weighted by molar-refractivity contribution is 7.45. The van der Waals surface area contributed by atoms with Gasteiger partial charge in [-0.2, -0.15) is 4.89 Å². The van der Waals surface area contributed by atoms with E-state index in [-0.39, 0.29) is 0 Å². The Morgan fingerprint density at radius 2 is 1.88 bits per heavy atom. The predicted octanol–water partition coefficient (Wildman–Crippen LogP) is 0.397. The summed E-state index contributed by atoms with van der Waals surface area (Å²) < 4.78 is 0. The Morgan fingerprint density at radius 1 is 1.38 bits per heavy atom. The monoisotopic (exact) mass is 132 g/mol. The minimum Gasteiger partial charge on any atom is -0.603 e. The second kappa shape index (κ2) is 2.58. The molecule has 0 aliphatic heterocycles. The van der Waals surface area contributed by atoms with E-state index in [2.05, 4.69) is 0 Å². The van der Waals surface area contributed by atoms with Crippen molar-refractivity contribution in [2.75, 3.05) is 0 Å². The van der Waals surface area contributed by atoms with Crippen molar-refractivity contribution in [3.8, 4) is 0 Å². The van der Waals surface area contributed by atoms with Gasteiger partial charge in [-0.3, -0.25) is 0 Å². The maximum atomic E-state index is 10.3. The molecule has 1 N–H and O–H groups in total. The summed E-state index contributed by atoms with van der Waals surface area (Å²) in [4.78, 5) is 18.8.